The summed E-state index contributed by atoms with van der Waals surface area (Å²) < 4.78 is 6.62. The molecule has 0 aliphatic rings. The minimum absolute atomic E-state index is 0.332. The van der Waals surface area contributed by atoms with Gasteiger partial charge in [-0.25, -0.2) is 14.3 Å². The number of fused-ring (bicyclic) bond motifs is 1. The fourth-order valence-corrected chi connectivity index (χ4v) is 3.55. The molecule has 0 aliphatic carbocycles. The molecule has 0 N–H and O–H groups in total. The van der Waals surface area contributed by atoms with Crippen molar-refractivity contribution in [2.24, 2.45) is 0 Å². The maximum Gasteiger partial charge on any atom is 0.341 e. The van der Waals surface area contributed by atoms with E-state index in [9.17, 15) is 4.79 Å². The van der Waals surface area contributed by atoms with Gasteiger partial charge < -0.3 is 4.74 Å². The Labute approximate surface area is 148 Å². The van der Waals surface area contributed by atoms with E-state index in [0.717, 1.165) is 16.1 Å². The predicted octanol–water partition coefficient (Wildman–Crippen LogP) is 4.30. The zero-order valence-corrected chi connectivity index (χ0v) is 14.4. The Morgan fingerprint density at radius 1 is 1.20 bits per heavy atom. The third kappa shape index (κ3) is 2.92. The van der Waals surface area contributed by atoms with E-state index in [4.69, 9.17) is 4.74 Å². The molecule has 124 valence electrons. The van der Waals surface area contributed by atoms with E-state index >= 15 is 0 Å². The van der Waals surface area contributed by atoms with Gasteiger partial charge in [-0.3, -0.25) is 0 Å². The molecule has 6 heteroatoms. The summed E-state index contributed by atoms with van der Waals surface area (Å²) in [6.45, 7) is 2.11. The number of rotatable bonds is 4. The van der Waals surface area contributed by atoms with Crippen molar-refractivity contribution in [1.82, 2.24) is 14.6 Å². The number of thiophene rings is 1. The van der Waals surface area contributed by atoms with E-state index in [2.05, 4.69) is 33.7 Å². The average molecular weight is 349 g/mol. The molecule has 0 spiro atoms. The fourth-order valence-electron chi connectivity index (χ4n) is 2.63. The number of benzene rings is 1. The number of hydrogen-bond donors (Lipinski definition) is 0. The summed E-state index contributed by atoms with van der Waals surface area (Å²) in [7, 11) is 0. The quantitative estimate of drug-likeness (QED) is 0.515. The summed E-state index contributed by atoms with van der Waals surface area (Å²) in [4.78, 5) is 17.3. The van der Waals surface area contributed by atoms with Crippen molar-refractivity contribution in [2.45, 2.75) is 6.92 Å². The van der Waals surface area contributed by atoms with Crippen molar-refractivity contribution < 1.29 is 9.53 Å². The molecule has 0 saturated carbocycles. The predicted molar refractivity (Wildman–Crippen MR) is 97.7 cm³/mol. The van der Waals surface area contributed by atoms with Gasteiger partial charge in [-0.2, -0.15) is 5.10 Å². The van der Waals surface area contributed by atoms with Crippen LogP contribution in [0.5, 0.6) is 0 Å². The second kappa shape index (κ2) is 6.49. The van der Waals surface area contributed by atoms with Crippen LogP contribution in [-0.2, 0) is 4.74 Å². The van der Waals surface area contributed by atoms with Gasteiger partial charge in [0.1, 0.15) is 0 Å². The Morgan fingerprint density at radius 2 is 2.04 bits per heavy atom. The topological polar surface area (TPSA) is 56.5 Å². The highest BCUT2D eigenvalue weighted by Crippen LogP contribution is 2.34. The first-order chi connectivity index (χ1) is 12.3. The Bertz CT molecular complexity index is 1040. The first-order valence-electron chi connectivity index (χ1n) is 7.91. The van der Waals surface area contributed by atoms with Gasteiger partial charge in [0, 0.05) is 17.3 Å². The van der Waals surface area contributed by atoms with Crippen LogP contribution in [0, 0.1) is 0 Å². The van der Waals surface area contributed by atoms with Gasteiger partial charge in [0.15, 0.2) is 5.65 Å². The van der Waals surface area contributed by atoms with Crippen LogP contribution in [0.25, 0.3) is 27.2 Å². The molecule has 4 rings (SSSR count). The molecule has 25 heavy (non-hydrogen) atoms. The van der Waals surface area contributed by atoms with Crippen LogP contribution in [0.1, 0.15) is 17.3 Å². The molecule has 4 aromatic rings. The molecular formula is C19H15N3O2S. The van der Waals surface area contributed by atoms with Crippen LogP contribution < -0.4 is 0 Å². The molecule has 0 aliphatic heterocycles. The third-order valence-corrected chi connectivity index (χ3v) is 4.80. The SMILES string of the molecule is CCOC(=O)c1cnc2c(-c3cc(-c4ccccc4)cs3)cnn2c1. The van der Waals surface area contributed by atoms with E-state index in [1.807, 2.05) is 18.2 Å². The van der Waals surface area contributed by atoms with Crippen molar-refractivity contribution in [3.05, 3.63) is 65.9 Å². The molecule has 1 aromatic carbocycles. The third-order valence-electron chi connectivity index (χ3n) is 3.84. The van der Waals surface area contributed by atoms with Gasteiger partial charge in [0.2, 0.25) is 0 Å². The van der Waals surface area contributed by atoms with Crippen LogP contribution in [-0.4, -0.2) is 27.2 Å². The molecule has 0 atom stereocenters. The van der Waals surface area contributed by atoms with Gasteiger partial charge in [-0.15, -0.1) is 11.3 Å². The number of ether oxygens (including phenoxy) is 1. The van der Waals surface area contributed by atoms with Crippen molar-refractivity contribution in [3.8, 4) is 21.6 Å². The van der Waals surface area contributed by atoms with Crippen LogP contribution in [0.3, 0.4) is 0 Å². The number of aromatic nitrogens is 3. The lowest BCUT2D eigenvalue weighted by molar-refractivity contribution is 0.0525. The lowest BCUT2D eigenvalue weighted by atomic mass is 10.1. The Kier molecular flexibility index (Phi) is 4.03. The first kappa shape index (κ1) is 15.5. The zero-order chi connectivity index (χ0) is 17.2. The van der Waals surface area contributed by atoms with Gasteiger partial charge in [0.05, 0.1) is 23.9 Å². The summed E-state index contributed by atoms with van der Waals surface area (Å²) in [5.41, 5.74) is 4.40. The van der Waals surface area contributed by atoms with E-state index in [0.29, 0.717) is 12.2 Å². The molecule has 5 nitrogen and oxygen atoms in total. The molecule has 0 amide bonds. The molecule has 3 aromatic heterocycles. The smallest absolute Gasteiger partial charge is 0.341 e. The Morgan fingerprint density at radius 3 is 2.84 bits per heavy atom. The number of hydrogen-bond acceptors (Lipinski definition) is 5. The molecule has 0 bridgehead atoms. The number of carbonyl (C=O) groups is 1. The first-order valence-corrected chi connectivity index (χ1v) is 8.79. The monoisotopic (exact) mass is 349 g/mol. The van der Waals surface area contributed by atoms with E-state index in [1.165, 1.54) is 17.3 Å². The highest BCUT2D eigenvalue weighted by molar-refractivity contribution is 7.14. The maximum absolute atomic E-state index is 11.8. The largest absolute Gasteiger partial charge is 0.462 e. The van der Waals surface area contributed by atoms with Crippen LogP contribution in [0.15, 0.2) is 60.4 Å². The van der Waals surface area contributed by atoms with E-state index < -0.39 is 5.97 Å². The van der Waals surface area contributed by atoms with Crippen molar-refractivity contribution in [1.29, 1.82) is 0 Å². The zero-order valence-electron chi connectivity index (χ0n) is 13.5. The standard InChI is InChI=1S/C19H15N3O2S/c1-2-24-19(23)15-9-20-18-16(10-21-22(18)11-15)17-8-14(12-25-17)13-6-4-3-5-7-13/h3-12H,2H2,1H3. The van der Waals surface area contributed by atoms with Crippen LogP contribution in [0.2, 0.25) is 0 Å². The Hall–Kier alpha value is -2.99. The number of nitrogens with zero attached hydrogens (tertiary/aromatic N) is 3. The summed E-state index contributed by atoms with van der Waals surface area (Å²) in [5, 5.41) is 6.46. The lowest BCUT2D eigenvalue weighted by Crippen LogP contribution is -2.07. The Balaban J connectivity index is 1.71. The second-order valence-electron chi connectivity index (χ2n) is 5.46. The summed E-state index contributed by atoms with van der Waals surface area (Å²) >= 11 is 1.65. The molecule has 0 saturated heterocycles. The van der Waals surface area contributed by atoms with Crippen LogP contribution >= 0.6 is 11.3 Å². The second-order valence-corrected chi connectivity index (χ2v) is 6.37. The van der Waals surface area contributed by atoms with Crippen molar-refractivity contribution >= 4 is 23.0 Å². The summed E-state index contributed by atoms with van der Waals surface area (Å²) in [6.07, 6.45) is 4.96. The normalized spacial score (nSPS) is 10.9. The fraction of sp³-hybridized carbons (Fsp3) is 0.105. The molecule has 0 unspecified atom stereocenters. The van der Waals surface area contributed by atoms with E-state index in [-0.39, 0.29) is 0 Å². The minimum Gasteiger partial charge on any atom is -0.462 e. The minimum atomic E-state index is -0.392. The summed E-state index contributed by atoms with van der Waals surface area (Å²) in [6, 6.07) is 12.4. The summed E-state index contributed by atoms with van der Waals surface area (Å²) in [5.74, 6) is -0.392. The van der Waals surface area contributed by atoms with Gasteiger partial charge in [-0.1, -0.05) is 30.3 Å². The molecular weight excluding hydrogens is 334 g/mol. The van der Waals surface area contributed by atoms with Crippen molar-refractivity contribution in [3.63, 3.8) is 0 Å². The van der Waals surface area contributed by atoms with E-state index in [1.54, 1.807) is 35.2 Å². The molecule has 0 radical (unpaired) electrons. The average Bonchev–Trinajstić information content (AvgIpc) is 3.29. The number of esters is 1. The highest BCUT2D eigenvalue weighted by atomic mass is 32.1. The van der Waals surface area contributed by atoms with Gasteiger partial charge in [0.25, 0.3) is 0 Å². The van der Waals surface area contributed by atoms with Crippen LogP contribution in [0.4, 0.5) is 0 Å². The lowest BCUT2D eigenvalue weighted by Gasteiger charge is -2.02. The highest BCUT2D eigenvalue weighted by Gasteiger charge is 2.14. The maximum atomic E-state index is 11.8. The van der Waals surface area contributed by atoms with Gasteiger partial charge in [-0.05, 0) is 29.5 Å². The molecule has 3 heterocycles. The van der Waals surface area contributed by atoms with Crippen molar-refractivity contribution in [2.75, 3.05) is 6.61 Å². The number of carbonyl (C=O) groups excluding carboxylic acids is 1. The van der Waals surface area contributed by atoms with Gasteiger partial charge >= 0.3 is 5.97 Å². The molecule has 0 fully saturated rings.